The van der Waals surface area contributed by atoms with E-state index in [1.165, 1.54) is 0 Å². The van der Waals surface area contributed by atoms with Crippen molar-refractivity contribution in [2.75, 3.05) is 12.4 Å². The summed E-state index contributed by atoms with van der Waals surface area (Å²) in [6.45, 7) is 1.94. The van der Waals surface area contributed by atoms with Gasteiger partial charge in [-0.25, -0.2) is 4.98 Å². The van der Waals surface area contributed by atoms with Gasteiger partial charge in [0.1, 0.15) is 0 Å². The van der Waals surface area contributed by atoms with Crippen LogP contribution in [0.3, 0.4) is 0 Å². The summed E-state index contributed by atoms with van der Waals surface area (Å²) >= 11 is 0. The second kappa shape index (κ2) is 5.95. The first-order valence-electron chi connectivity index (χ1n) is 5.10. The van der Waals surface area contributed by atoms with E-state index in [1.54, 1.807) is 19.4 Å². The Balaban J connectivity index is 2.48. The van der Waals surface area contributed by atoms with Crippen molar-refractivity contribution in [2.45, 2.75) is 25.8 Å². The number of pyridine rings is 1. The molecule has 0 bridgehead atoms. The van der Waals surface area contributed by atoms with Gasteiger partial charge in [-0.3, -0.25) is 4.79 Å². The number of nitrogens with zero attached hydrogens (tertiary/aromatic N) is 1. The Kier molecular flexibility index (Phi) is 4.57. The number of anilines is 1. The van der Waals surface area contributed by atoms with Gasteiger partial charge in [0.05, 0.1) is 7.11 Å². The largest absolute Gasteiger partial charge is 0.481 e. The maximum Gasteiger partial charge on any atom is 0.303 e. The molecule has 1 unspecified atom stereocenters. The number of carbonyl (C=O) groups is 1. The van der Waals surface area contributed by atoms with Crippen LogP contribution in [0.25, 0.3) is 0 Å². The lowest BCUT2D eigenvalue weighted by atomic mass is 10.2. The lowest BCUT2D eigenvalue weighted by molar-refractivity contribution is -0.137. The summed E-state index contributed by atoms with van der Waals surface area (Å²) in [7, 11) is 1.56. The predicted molar refractivity (Wildman–Crippen MR) is 60.7 cm³/mol. The van der Waals surface area contributed by atoms with Gasteiger partial charge in [-0.2, -0.15) is 0 Å². The van der Waals surface area contributed by atoms with Gasteiger partial charge in [-0.05, 0) is 19.4 Å². The van der Waals surface area contributed by atoms with E-state index < -0.39 is 5.97 Å². The molecule has 88 valence electrons. The highest BCUT2D eigenvalue weighted by Gasteiger charge is 2.05. The molecule has 1 aromatic heterocycles. The average molecular weight is 224 g/mol. The fraction of sp³-hybridized carbons (Fsp3) is 0.455. The van der Waals surface area contributed by atoms with Crippen LogP contribution in [-0.4, -0.2) is 29.2 Å². The minimum absolute atomic E-state index is 0.100. The van der Waals surface area contributed by atoms with Crippen molar-refractivity contribution in [1.82, 2.24) is 4.98 Å². The van der Waals surface area contributed by atoms with Crippen LogP contribution in [-0.2, 0) is 4.79 Å². The zero-order valence-corrected chi connectivity index (χ0v) is 9.43. The number of carboxylic acid groups (broad SMARTS) is 1. The number of ether oxygens (including phenoxy) is 1. The van der Waals surface area contributed by atoms with Gasteiger partial charge in [-0.1, -0.05) is 0 Å². The minimum atomic E-state index is -0.777. The molecule has 16 heavy (non-hydrogen) atoms. The van der Waals surface area contributed by atoms with E-state index in [0.717, 1.165) is 5.69 Å². The van der Waals surface area contributed by atoms with Gasteiger partial charge in [0, 0.05) is 30.4 Å². The molecular weight excluding hydrogens is 208 g/mol. The van der Waals surface area contributed by atoms with E-state index in [4.69, 9.17) is 9.84 Å². The van der Waals surface area contributed by atoms with Gasteiger partial charge in [0.2, 0.25) is 5.88 Å². The monoisotopic (exact) mass is 224 g/mol. The molecular formula is C11H16N2O3. The van der Waals surface area contributed by atoms with Crippen LogP contribution in [0.15, 0.2) is 18.3 Å². The first kappa shape index (κ1) is 12.3. The molecule has 5 nitrogen and oxygen atoms in total. The molecule has 1 heterocycles. The number of nitrogens with one attached hydrogen (secondary N) is 1. The van der Waals surface area contributed by atoms with Crippen molar-refractivity contribution in [3.05, 3.63) is 18.3 Å². The van der Waals surface area contributed by atoms with Crippen molar-refractivity contribution < 1.29 is 14.6 Å². The predicted octanol–water partition coefficient (Wildman–Crippen LogP) is 1.76. The van der Waals surface area contributed by atoms with Gasteiger partial charge in [0.15, 0.2) is 0 Å². The smallest absolute Gasteiger partial charge is 0.303 e. The third kappa shape index (κ3) is 4.16. The molecule has 0 spiro atoms. The second-order valence-electron chi connectivity index (χ2n) is 3.56. The summed E-state index contributed by atoms with van der Waals surface area (Å²) in [4.78, 5) is 14.4. The lowest BCUT2D eigenvalue weighted by Gasteiger charge is -2.14. The Morgan fingerprint density at radius 2 is 2.44 bits per heavy atom. The third-order valence-electron chi connectivity index (χ3n) is 2.15. The van der Waals surface area contributed by atoms with E-state index in [0.29, 0.717) is 12.3 Å². The van der Waals surface area contributed by atoms with E-state index in [2.05, 4.69) is 10.3 Å². The van der Waals surface area contributed by atoms with Crippen molar-refractivity contribution in [3.8, 4) is 5.88 Å². The molecule has 5 heteroatoms. The zero-order chi connectivity index (χ0) is 12.0. The summed E-state index contributed by atoms with van der Waals surface area (Å²) in [5.41, 5.74) is 0.879. The number of aliphatic carboxylic acids is 1. The molecule has 0 aliphatic heterocycles. The molecule has 0 aliphatic rings. The van der Waals surface area contributed by atoms with Crippen LogP contribution >= 0.6 is 0 Å². The Morgan fingerprint density at radius 1 is 1.69 bits per heavy atom. The highest BCUT2D eigenvalue weighted by atomic mass is 16.5. The fourth-order valence-corrected chi connectivity index (χ4v) is 1.31. The Morgan fingerprint density at radius 3 is 3.06 bits per heavy atom. The van der Waals surface area contributed by atoms with Crippen LogP contribution in [0.4, 0.5) is 5.69 Å². The van der Waals surface area contributed by atoms with Gasteiger partial charge in [-0.15, -0.1) is 0 Å². The lowest BCUT2D eigenvalue weighted by Crippen LogP contribution is -2.16. The Labute approximate surface area is 94.5 Å². The number of aromatic nitrogens is 1. The standard InChI is InChI=1S/C11H16N2O3/c1-8(3-4-11(14)15)13-9-5-6-12-10(7-9)16-2/h5-8H,3-4H2,1-2H3,(H,12,13)(H,14,15). The summed E-state index contributed by atoms with van der Waals surface area (Å²) in [5.74, 6) is -0.239. The summed E-state index contributed by atoms with van der Waals surface area (Å²) in [6.07, 6.45) is 2.39. The van der Waals surface area contributed by atoms with Gasteiger partial charge < -0.3 is 15.2 Å². The number of rotatable bonds is 6. The number of methoxy groups -OCH3 is 1. The number of carboxylic acids is 1. The van der Waals surface area contributed by atoms with E-state index in [1.807, 2.05) is 13.0 Å². The molecule has 0 saturated carbocycles. The Hall–Kier alpha value is -1.78. The minimum Gasteiger partial charge on any atom is -0.481 e. The molecule has 2 N–H and O–H groups in total. The van der Waals surface area contributed by atoms with Crippen molar-refractivity contribution in [2.24, 2.45) is 0 Å². The van der Waals surface area contributed by atoms with E-state index in [-0.39, 0.29) is 12.5 Å². The molecule has 0 saturated heterocycles. The Bertz CT molecular complexity index is 355. The fourth-order valence-electron chi connectivity index (χ4n) is 1.31. The maximum atomic E-state index is 10.4. The molecule has 1 rings (SSSR count). The normalized spacial score (nSPS) is 11.9. The van der Waals surface area contributed by atoms with Crippen LogP contribution < -0.4 is 10.1 Å². The van der Waals surface area contributed by atoms with Crippen LogP contribution in [0.2, 0.25) is 0 Å². The molecule has 0 radical (unpaired) electrons. The molecule has 1 atom stereocenters. The van der Waals surface area contributed by atoms with E-state index in [9.17, 15) is 4.79 Å². The van der Waals surface area contributed by atoms with Crippen LogP contribution in [0, 0.1) is 0 Å². The van der Waals surface area contributed by atoms with Crippen LogP contribution in [0.1, 0.15) is 19.8 Å². The first-order valence-corrected chi connectivity index (χ1v) is 5.10. The van der Waals surface area contributed by atoms with Crippen molar-refractivity contribution in [1.29, 1.82) is 0 Å². The second-order valence-corrected chi connectivity index (χ2v) is 3.56. The number of hydrogen-bond acceptors (Lipinski definition) is 4. The topological polar surface area (TPSA) is 71.5 Å². The van der Waals surface area contributed by atoms with E-state index >= 15 is 0 Å². The average Bonchev–Trinajstić information content (AvgIpc) is 2.26. The molecule has 0 amide bonds. The van der Waals surface area contributed by atoms with Crippen molar-refractivity contribution in [3.63, 3.8) is 0 Å². The quantitative estimate of drug-likeness (QED) is 0.770. The summed E-state index contributed by atoms with van der Waals surface area (Å²) < 4.78 is 4.99. The molecule has 0 aliphatic carbocycles. The third-order valence-corrected chi connectivity index (χ3v) is 2.15. The summed E-state index contributed by atoms with van der Waals surface area (Å²) in [6, 6.07) is 3.69. The zero-order valence-electron chi connectivity index (χ0n) is 9.43. The van der Waals surface area contributed by atoms with Gasteiger partial charge in [0.25, 0.3) is 0 Å². The highest BCUT2D eigenvalue weighted by Crippen LogP contribution is 2.15. The van der Waals surface area contributed by atoms with Crippen LogP contribution in [0.5, 0.6) is 5.88 Å². The molecule has 1 aromatic rings. The summed E-state index contributed by atoms with van der Waals surface area (Å²) in [5, 5.41) is 11.7. The maximum absolute atomic E-state index is 10.4. The highest BCUT2D eigenvalue weighted by molar-refractivity contribution is 5.66. The SMILES string of the molecule is COc1cc(NC(C)CCC(=O)O)ccn1. The van der Waals surface area contributed by atoms with Crippen molar-refractivity contribution >= 4 is 11.7 Å². The van der Waals surface area contributed by atoms with Gasteiger partial charge >= 0.3 is 5.97 Å². The molecule has 0 fully saturated rings. The first-order chi connectivity index (χ1) is 7.61. The number of hydrogen-bond donors (Lipinski definition) is 2. The molecule has 0 aromatic carbocycles.